The smallest absolute Gasteiger partial charge is 0.165 e. The standard InChI is InChI=1S/C8H9N5O/c9-7-6-8(11-3-10-7)13(4-12-6)1-5-2-14-5/h3-5H,1-2H2,(H2,9,10,11)/t5-/m0/s1. The molecule has 0 saturated carbocycles. The Hall–Kier alpha value is -1.69. The van der Waals surface area contributed by atoms with Crippen LogP contribution in [0.5, 0.6) is 0 Å². The van der Waals surface area contributed by atoms with Gasteiger partial charge in [0.15, 0.2) is 11.5 Å². The van der Waals surface area contributed by atoms with Crippen molar-refractivity contribution in [2.75, 3.05) is 12.3 Å². The molecule has 1 atom stereocenters. The number of hydrogen-bond donors (Lipinski definition) is 1. The van der Waals surface area contributed by atoms with Crippen LogP contribution in [0.25, 0.3) is 11.2 Å². The summed E-state index contributed by atoms with van der Waals surface area (Å²) in [5, 5.41) is 0. The van der Waals surface area contributed by atoms with Crippen LogP contribution in [0.3, 0.4) is 0 Å². The molecule has 1 fully saturated rings. The quantitative estimate of drug-likeness (QED) is 0.665. The number of aromatic nitrogens is 4. The minimum absolute atomic E-state index is 0.309. The molecule has 14 heavy (non-hydrogen) atoms. The summed E-state index contributed by atoms with van der Waals surface area (Å²) in [5.41, 5.74) is 7.09. The number of ether oxygens (including phenoxy) is 1. The second-order valence-electron chi connectivity index (χ2n) is 3.28. The van der Waals surface area contributed by atoms with E-state index in [2.05, 4.69) is 15.0 Å². The van der Waals surface area contributed by atoms with Crippen LogP contribution >= 0.6 is 0 Å². The van der Waals surface area contributed by atoms with Crippen molar-refractivity contribution in [3.8, 4) is 0 Å². The number of hydrogen-bond acceptors (Lipinski definition) is 5. The highest BCUT2D eigenvalue weighted by Gasteiger charge is 2.23. The Balaban J connectivity index is 2.10. The Labute approximate surface area is 79.7 Å². The van der Waals surface area contributed by atoms with E-state index >= 15 is 0 Å². The third-order valence-electron chi connectivity index (χ3n) is 2.23. The van der Waals surface area contributed by atoms with Crippen molar-refractivity contribution >= 4 is 17.0 Å². The number of nitrogens with zero attached hydrogens (tertiary/aromatic N) is 4. The molecule has 72 valence electrons. The molecule has 0 spiro atoms. The van der Waals surface area contributed by atoms with E-state index in [1.54, 1.807) is 6.33 Å². The number of imidazole rings is 1. The topological polar surface area (TPSA) is 82.2 Å². The Kier molecular flexibility index (Phi) is 1.45. The molecular weight excluding hydrogens is 182 g/mol. The van der Waals surface area contributed by atoms with E-state index in [4.69, 9.17) is 10.5 Å². The Bertz CT molecular complexity index is 476. The molecule has 2 aromatic heterocycles. The average molecular weight is 191 g/mol. The van der Waals surface area contributed by atoms with Gasteiger partial charge in [-0.2, -0.15) is 0 Å². The first-order chi connectivity index (χ1) is 6.84. The molecule has 1 saturated heterocycles. The van der Waals surface area contributed by atoms with E-state index in [-0.39, 0.29) is 0 Å². The van der Waals surface area contributed by atoms with Gasteiger partial charge < -0.3 is 15.0 Å². The van der Waals surface area contributed by atoms with Gasteiger partial charge in [0.25, 0.3) is 0 Å². The Morgan fingerprint density at radius 2 is 2.36 bits per heavy atom. The Morgan fingerprint density at radius 1 is 1.50 bits per heavy atom. The maximum absolute atomic E-state index is 5.66. The highest BCUT2D eigenvalue weighted by molar-refractivity contribution is 5.81. The SMILES string of the molecule is Nc1ncnc2c1ncn2C[C@H]1CO1. The highest BCUT2D eigenvalue weighted by Crippen LogP contribution is 2.18. The van der Waals surface area contributed by atoms with Gasteiger partial charge in [0, 0.05) is 0 Å². The van der Waals surface area contributed by atoms with Gasteiger partial charge in [-0.3, -0.25) is 0 Å². The van der Waals surface area contributed by atoms with Crippen LogP contribution in [0, 0.1) is 0 Å². The summed E-state index contributed by atoms with van der Waals surface area (Å²) >= 11 is 0. The van der Waals surface area contributed by atoms with Crippen molar-refractivity contribution in [1.29, 1.82) is 0 Å². The molecule has 2 N–H and O–H groups in total. The number of epoxide rings is 1. The van der Waals surface area contributed by atoms with Crippen molar-refractivity contribution < 1.29 is 4.74 Å². The maximum Gasteiger partial charge on any atom is 0.165 e. The first-order valence-corrected chi connectivity index (χ1v) is 4.37. The van der Waals surface area contributed by atoms with Crippen molar-refractivity contribution in [1.82, 2.24) is 19.5 Å². The van der Waals surface area contributed by atoms with E-state index in [1.165, 1.54) is 6.33 Å². The second kappa shape index (κ2) is 2.65. The van der Waals surface area contributed by atoms with Crippen LogP contribution in [0.1, 0.15) is 0 Å². The number of fused-ring (bicyclic) bond motifs is 1. The van der Waals surface area contributed by atoms with Crippen LogP contribution in [0.4, 0.5) is 5.82 Å². The monoisotopic (exact) mass is 191 g/mol. The molecule has 0 aliphatic carbocycles. The molecule has 6 nitrogen and oxygen atoms in total. The maximum atomic E-state index is 5.66. The lowest BCUT2D eigenvalue weighted by Gasteiger charge is -1.99. The summed E-state index contributed by atoms with van der Waals surface area (Å²) < 4.78 is 7.07. The third-order valence-corrected chi connectivity index (χ3v) is 2.23. The lowest BCUT2D eigenvalue weighted by molar-refractivity contribution is 0.384. The zero-order valence-corrected chi connectivity index (χ0v) is 7.42. The van der Waals surface area contributed by atoms with Crippen molar-refractivity contribution in [3.05, 3.63) is 12.7 Å². The molecule has 2 aromatic rings. The first-order valence-electron chi connectivity index (χ1n) is 4.37. The summed E-state index contributed by atoms with van der Waals surface area (Å²) in [6.45, 7) is 1.60. The fourth-order valence-electron chi connectivity index (χ4n) is 1.43. The average Bonchev–Trinajstić information content (AvgIpc) is 2.88. The number of nitrogen functional groups attached to an aromatic ring is 1. The lowest BCUT2D eigenvalue weighted by Crippen LogP contribution is -2.03. The molecule has 0 aromatic carbocycles. The number of nitrogens with two attached hydrogens (primary N) is 1. The predicted molar refractivity (Wildman–Crippen MR) is 49.5 cm³/mol. The minimum Gasteiger partial charge on any atom is -0.382 e. The molecule has 3 heterocycles. The minimum atomic E-state index is 0.309. The first kappa shape index (κ1) is 7.69. The van der Waals surface area contributed by atoms with Crippen LogP contribution in [-0.4, -0.2) is 32.2 Å². The van der Waals surface area contributed by atoms with Gasteiger partial charge in [-0.15, -0.1) is 0 Å². The van der Waals surface area contributed by atoms with E-state index in [1.807, 2.05) is 4.57 Å². The molecular formula is C8H9N5O. The zero-order chi connectivity index (χ0) is 9.54. The van der Waals surface area contributed by atoms with Gasteiger partial charge in [-0.1, -0.05) is 0 Å². The van der Waals surface area contributed by atoms with Crippen LogP contribution in [0.15, 0.2) is 12.7 Å². The summed E-state index contributed by atoms with van der Waals surface area (Å²) in [4.78, 5) is 12.2. The van der Waals surface area contributed by atoms with Gasteiger partial charge in [0.1, 0.15) is 11.8 Å². The van der Waals surface area contributed by atoms with Gasteiger partial charge >= 0.3 is 0 Å². The van der Waals surface area contributed by atoms with Crippen molar-refractivity contribution in [2.45, 2.75) is 12.6 Å². The van der Waals surface area contributed by atoms with Crippen LogP contribution in [-0.2, 0) is 11.3 Å². The largest absolute Gasteiger partial charge is 0.382 e. The molecule has 0 unspecified atom stereocenters. The van der Waals surface area contributed by atoms with Crippen LogP contribution in [0.2, 0.25) is 0 Å². The molecule has 0 amide bonds. The summed E-state index contributed by atoms with van der Waals surface area (Å²) in [6, 6.07) is 0. The molecule has 3 rings (SSSR count). The Morgan fingerprint density at radius 3 is 3.14 bits per heavy atom. The van der Waals surface area contributed by atoms with Gasteiger partial charge in [0.05, 0.1) is 25.6 Å². The second-order valence-corrected chi connectivity index (χ2v) is 3.28. The third kappa shape index (κ3) is 1.12. The normalized spacial score (nSPS) is 20.1. The van der Waals surface area contributed by atoms with Gasteiger partial charge in [0.2, 0.25) is 0 Å². The number of rotatable bonds is 2. The van der Waals surface area contributed by atoms with E-state index < -0.39 is 0 Å². The zero-order valence-electron chi connectivity index (χ0n) is 7.42. The summed E-state index contributed by atoms with van der Waals surface area (Å²) in [6.07, 6.45) is 3.48. The number of anilines is 1. The molecule has 1 aliphatic rings. The molecule has 0 bridgehead atoms. The van der Waals surface area contributed by atoms with Crippen molar-refractivity contribution in [3.63, 3.8) is 0 Å². The molecule has 0 radical (unpaired) electrons. The highest BCUT2D eigenvalue weighted by atomic mass is 16.6. The van der Waals surface area contributed by atoms with Gasteiger partial charge in [-0.25, -0.2) is 15.0 Å². The fraction of sp³-hybridized carbons (Fsp3) is 0.375. The van der Waals surface area contributed by atoms with E-state index in [9.17, 15) is 0 Å². The summed E-state index contributed by atoms with van der Waals surface area (Å²) in [5.74, 6) is 0.422. The van der Waals surface area contributed by atoms with E-state index in [0.29, 0.717) is 17.4 Å². The van der Waals surface area contributed by atoms with Gasteiger partial charge in [-0.05, 0) is 0 Å². The molecule has 6 heteroatoms. The predicted octanol–water partition coefficient (Wildman–Crippen LogP) is -0.193. The summed E-state index contributed by atoms with van der Waals surface area (Å²) in [7, 11) is 0. The van der Waals surface area contributed by atoms with E-state index in [0.717, 1.165) is 18.8 Å². The van der Waals surface area contributed by atoms with Crippen LogP contribution < -0.4 is 5.73 Å². The lowest BCUT2D eigenvalue weighted by atomic mass is 10.4. The van der Waals surface area contributed by atoms with Crippen molar-refractivity contribution in [2.24, 2.45) is 0 Å². The fourth-order valence-corrected chi connectivity index (χ4v) is 1.43. The molecule has 1 aliphatic heterocycles.